The minimum atomic E-state index is -0.376. The number of amides is 1. The van der Waals surface area contributed by atoms with Crippen molar-refractivity contribution in [3.05, 3.63) is 24.0 Å². The summed E-state index contributed by atoms with van der Waals surface area (Å²) in [6.07, 6.45) is 8.60. The number of nitrogens with zero attached hydrogens (tertiary/aromatic N) is 3. The molecular formula is C24H36FN3O2. The van der Waals surface area contributed by atoms with Gasteiger partial charge < -0.3 is 19.4 Å². The van der Waals surface area contributed by atoms with Crippen molar-refractivity contribution in [2.75, 3.05) is 44.2 Å². The Balaban J connectivity index is 1.32. The molecule has 4 rings (SSSR count). The van der Waals surface area contributed by atoms with E-state index in [1.165, 1.54) is 38.2 Å². The molecule has 0 spiro atoms. The molecule has 2 unspecified atom stereocenters. The van der Waals surface area contributed by atoms with Gasteiger partial charge in [0.2, 0.25) is 5.91 Å². The molecule has 5 nitrogen and oxygen atoms in total. The number of hydrogen-bond acceptors (Lipinski definition) is 4. The second kappa shape index (κ2) is 10.1. The second-order valence-corrected chi connectivity index (χ2v) is 9.16. The van der Waals surface area contributed by atoms with Gasteiger partial charge in [0, 0.05) is 37.3 Å². The summed E-state index contributed by atoms with van der Waals surface area (Å²) in [6.45, 7) is 8.05. The lowest BCUT2D eigenvalue weighted by molar-refractivity contribution is -0.117. The van der Waals surface area contributed by atoms with E-state index in [0.29, 0.717) is 24.8 Å². The van der Waals surface area contributed by atoms with Gasteiger partial charge in [0.25, 0.3) is 0 Å². The average molecular weight is 418 g/mol. The third-order valence-electron chi connectivity index (χ3n) is 6.97. The van der Waals surface area contributed by atoms with Gasteiger partial charge in [-0.15, -0.1) is 0 Å². The van der Waals surface area contributed by atoms with Gasteiger partial charge in [-0.2, -0.15) is 0 Å². The van der Waals surface area contributed by atoms with E-state index in [9.17, 15) is 9.18 Å². The molecule has 1 aromatic carbocycles. The molecule has 0 aromatic heterocycles. The van der Waals surface area contributed by atoms with E-state index in [0.717, 1.165) is 45.6 Å². The fourth-order valence-electron chi connectivity index (χ4n) is 5.24. The molecule has 0 bridgehead atoms. The Labute approximate surface area is 180 Å². The highest BCUT2D eigenvalue weighted by molar-refractivity contribution is 5.96. The molecule has 0 saturated carbocycles. The topological polar surface area (TPSA) is 36.0 Å². The normalized spacial score (nSPS) is 25.9. The zero-order valence-electron chi connectivity index (χ0n) is 18.3. The van der Waals surface area contributed by atoms with Gasteiger partial charge in [-0.25, -0.2) is 4.39 Å². The largest absolute Gasteiger partial charge is 0.490 e. The zero-order chi connectivity index (χ0) is 20.9. The van der Waals surface area contributed by atoms with Crippen molar-refractivity contribution >= 4 is 11.6 Å². The summed E-state index contributed by atoms with van der Waals surface area (Å²) in [5.74, 6) is 0.00993. The minimum absolute atomic E-state index is 0.102. The molecule has 0 radical (unpaired) electrons. The number of anilines is 1. The Hall–Kier alpha value is -1.66. The van der Waals surface area contributed by atoms with Crippen molar-refractivity contribution < 1.29 is 13.9 Å². The number of halogens is 1. The maximum Gasteiger partial charge on any atom is 0.227 e. The smallest absolute Gasteiger partial charge is 0.227 e. The molecule has 30 heavy (non-hydrogen) atoms. The SMILES string of the molecule is CC1CCCN1CCCOc1ccc(N2C(=O)CCC2CN2CCCCC2)cc1F. The minimum Gasteiger partial charge on any atom is -0.490 e. The van der Waals surface area contributed by atoms with E-state index in [2.05, 4.69) is 16.7 Å². The first-order chi connectivity index (χ1) is 14.6. The second-order valence-electron chi connectivity index (χ2n) is 9.16. The summed E-state index contributed by atoms with van der Waals surface area (Å²) >= 11 is 0. The average Bonchev–Trinajstić information content (AvgIpc) is 3.32. The number of carbonyl (C=O) groups excluding carboxylic acids is 1. The van der Waals surface area contributed by atoms with Crippen LogP contribution in [0.3, 0.4) is 0 Å². The van der Waals surface area contributed by atoms with E-state index >= 15 is 0 Å². The lowest BCUT2D eigenvalue weighted by Gasteiger charge is -2.33. The number of likely N-dealkylation sites (tertiary alicyclic amines) is 2. The predicted molar refractivity (Wildman–Crippen MR) is 118 cm³/mol. The summed E-state index contributed by atoms with van der Waals surface area (Å²) in [6, 6.07) is 5.80. The van der Waals surface area contributed by atoms with Crippen LogP contribution in [0, 0.1) is 5.82 Å². The van der Waals surface area contributed by atoms with Crippen molar-refractivity contribution in [3.8, 4) is 5.75 Å². The van der Waals surface area contributed by atoms with Crippen molar-refractivity contribution in [1.29, 1.82) is 0 Å². The summed E-state index contributed by atoms with van der Waals surface area (Å²) in [4.78, 5) is 19.3. The van der Waals surface area contributed by atoms with E-state index in [-0.39, 0.29) is 23.5 Å². The zero-order valence-corrected chi connectivity index (χ0v) is 18.3. The van der Waals surface area contributed by atoms with Crippen LogP contribution in [0.2, 0.25) is 0 Å². The molecule has 1 amide bonds. The first-order valence-corrected chi connectivity index (χ1v) is 11.8. The molecule has 3 heterocycles. The number of ether oxygens (including phenoxy) is 1. The monoisotopic (exact) mass is 417 g/mol. The molecule has 166 valence electrons. The van der Waals surface area contributed by atoms with Crippen LogP contribution in [0.1, 0.15) is 58.3 Å². The molecule has 0 aliphatic carbocycles. The highest BCUT2D eigenvalue weighted by Gasteiger charge is 2.34. The van der Waals surface area contributed by atoms with Gasteiger partial charge in [-0.3, -0.25) is 4.79 Å². The van der Waals surface area contributed by atoms with Crippen LogP contribution in [0.15, 0.2) is 18.2 Å². The third kappa shape index (κ3) is 5.14. The van der Waals surface area contributed by atoms with Gasteiger partial charge >= 0.3 is 0 Å². The van der Waals surface area contributed by atoms with Gasteiger partial charge in [0.15, 0.2) is 11.6 Å². The lowest BCUT2D eigenvalue weighted by Crippen LogP contribution is -2.43. The van der Waals surface area contributed by atoms with Crippen molar-refractivity contribution in [1.82, 2.24) is 9.80 Å². The number of benzene rings is 1. The predicted octanol–water partition coefficient (Wildman–Crippen LogP) is 4.06. The first kappa shape index (κ1) is 21.6. The molecule has 6 heteroatoms. The standard InChI is InChI=1S/C24H36FN3O2/c1-19-7-5-14-27(19)15-6-16-30-23-10-8-20(17-22(23)25)28-21(9-11-24(28)29)18-26-12-3-2-4-13-26/h8,10,17,19,21H,2-7,9,11-16,18H2,1H3. The van der Waals surface area contributed by atoms with Crippen molar-refractivity contribution in [2.24, 2.45) is 0 Å². The molecule has 2 atom stereocenters. The van der Waals surface area contributed by atoms with Crippen LogP contribution < -0.4 is 9.64 Å². The van der Waals surface area contributed by atoms with Gasteiger partial charge in [0.1, 0.15) is 0 Å². The number of piperidine rings is 1. The molecular weight excluding hydrogens is 381 g/mol. The Morgan fingerprint density at radius 2 is 1.93 bits per heavy atom. The van der Waals surface area contributed by atoms with Crippen LogP contribution in [0.25, 0.3) is 0 Å². The van der Waals surface area contributed by atoms with Crippen molar-refractivity contribution in [3.63, 3.8) is 0 Å². The number of rotatable bonds is 8. The summed E-state index contributed by atoms with van der Waals surface area (Å²) in [7, 11) is 0. The Morgan fingerprint density at radius 1 is 1.10 bits per heavy atom. The molecule has 1 aromatic rings. The van der Waals surface area contributed by atoms with Crippen LogP contribution in [-0.2, 0) is 4.79 Å². The van der Waals surface area contributed by atoms with E-state index in [1.54, 1.807) is 6.07 Å². The summed E-state index contributed by atoms with van der Waals surface area (Å²) < 4.78 is 20.4. The third-order valence-corrected chi connectivity index (χ3v) is 6.97. The highest BCUT2D eigenvalue weighted by Crippen LogP contribution is 2.31. The lowest BCUT2D eigenvalue weighted by atomic mass is 10.1. The maximum atomic E-state index is 14.7. The van der Waals surface area contributed by atoms with E-state index < -0.39 is 0 Å². The highest BCUT2D eigenvalue weighted by atomic mass is 19.1. The molecule has 3 fully saturated rings. The van der Waals surface area contributed by atoms with Crippen LogP contribution in [-0.4, -0.2) is 67.1 Å². The van der Waals surface area contributed by atoms with Crippen LogP contribution in [0.5, 0.6) is 5.75 Å². The van der Waals surface area contributed by atoms with Gasteiger partial charge in [-0.1, -0.05) is 6.42 Å². The first-order valence-electron chi connectivity index (χ1n) is 11.8. The molecule has 3 aliphatic heterocycles. The Morgan fingerprint density at radius 3 is 2.67 bits per heavy atom. The Kier molecular flexibility index (Phi) is 7.26. The molecule has 3 saturated heterocycles. The van der Waals surface area contributed by atoms with E-state index in [1.807, 2.05) is 11.0 Å². The van der Waals surface area contributed by atoms with E-state index in [4.69, 9.17) is 4.74 Å². The van der Waals surface area contributed by atoms with Gasteiger partial charge in [-0.05, 0) is 77.2 Å². The summed E-state index contributed by atoms with van der Waals surface area (Å²) in [5.41, 5.74) is 0.662. The van der Waals surface area contributed by atoms with Crippen LogP contribution >= 0.6 is 0 Å². The fourth-order valence-corrected chi connectivity index (χ4v) is 5.24. The van der Waals surface area contributed by atoms with Crippen molar-refractivity contribution in [2.45, 2.75) is 70.4 Å². The number of carbonyl (C=O) groups is 1. The summed E-state index contributed by atoms with van der Waals surface area (Å²) in [5, 5.41) is 0. The van der Waals surface area contributed by atoms with Gasteiger partial charge in [0.05, 0.1) is 12.6 Å². The van der Waals surface area contributed by atoms with Crippen LogP contribution in [0.4, 0.5) is 10.1 Å². The molecule has 0 N–H and O–H groups in total. The number of hydrogen-bond donors (Lipinski definition) is 0. The Bertz CT molecular complexity index is 722. The quantitative estimate of drug-likeness (QED) is 0.598. The fraction of sp³-hybridized carbons (Fsp3) is 0.708. The maximum absolute atomic E-state index is 14.7. The molecule has 3 aliphatic rings.